The molecule has 0 radical (unpaired) electrons. The number of nitrogens with one attached hydrogen (secondary N) is 1. The van der Waals surface area contributed by atoms with E-state index < -0.39 is 17.7 Å². The molecule has 0 spiro atoms. The lowest BCUT2D eigenvalue weighted by atomic mass is 10.2. The number of rotatable bonds is 3. The molecule has 1 aromatic rings. The smallest absolute Gasteiger partial charge is 0.416 e. The lowest BCUT2D eigenvalue weighted by Gasteiger charge is -2.09. The molecule has 0 heterocycles. The molecular formula is C11H9ClF3NO2. The third kappa shape index (κ3) is 4.29. The second-order valence-corrected chi connectivity index (χ2v) is 3.66. The van der Waals surface area contributed by atoms with Crippen LogP contribution in [0.3, 0.4) is 0 Å². The SMILES string of the molecule is COC(=O)/C=C/Nc1cc(Cl)cc(C(F)(F)F)c1. The highest BCUT2D eigenvalue weighted by Gasteiger charge is 2.31. The third-order valence-corrected chi connectivity index (χ3v) is 2.11. The van der Waals surface area contributed by atoms with E-state index in [1.54, 1.807) is 0 Å². The fourth-order valence-electron chi connectivity index (χ4n) is 1.11. The summed E-state index contributed by atoms with van der Waals surface area (Å²) >= 11 is 5.57. The van der Waals surface area contributed by atoms with Crippen LogP contribution in [0.4, 0.5) is 18.9 Å². The minimum Gasteiger partial charge on any atom is -0.466 e. The average molecular weight is 280 g/mol. The summed E-state index contributed by atoms with van der Waals surface area (Å²) in [5, 5.41) is 2.44. The molecule has 0 aromatic heterocycles. The Kier molecular flexibility index (Phi) is 4.61. The van der Waals surface area contributed by atoms with Crippen molar-refractivity contribution in [1.29, 1.82) is 0 Å². The first-order valence-corrected chi connectivity index (χ1v) is 5.09. The van der Waals surface area contributed by atoms with Crippen LogP contribution in [0.5, 0.6) is 0 Å². The zero-order valence-electron chi connectivity index (χ0n) is 9.22. The van der Waals surface area contributed by atoms with E-state index in [1.165, 1.54) is 13.2 Å². The largest absolute Gasteiger partial charge is 0.466 e. The van der Waals surface area contributed by atoms with Gasteiger partial charge < -0.3 is 10.1 Å². The summed E-state index contributed by atoms with van der Waals surface area (Å²) in [6, 6.07) is 3.00. The van der Waals surface area contributed by atoms with Crippen molar-refractivity contribution in [3.8, 4) is 0 Å². The lowest BCUT2D eigenvalue weighted by Crippen LogP contribution is -2.05. The number of benzene rings is 1. The first kappa shape index (κ1) is 14.4. The molecular weight excluding hydrogens is 271 g/mol. The predicted molar refractivity (Wildman–Crippen MR) is 61.2 cm³/mol. The van der Waals surface area contributed by atoms with Gasteiger partial charge in [-0.2, -0.15) is 13.2 Å². The molecule has 98 valence electrons. The summed E-state index contributed by atoms with van der Waals surface area (Å²) in [5.74, 6) is -0.624. The zero-order valence-corrected chi connectivity index (χ0v) is 9.97. The van der Waals surface area contributed by atoms with Crippen molar-refractivity contribution in [3.05, 3.63) is 41.1 Å². The highest BCUT2D eigenvalue weighted by molar-refractivity contribution is 6.30. The maximum atomic E-state index is 12.5. The van der Waals surface area contributed by atoms with E-state index in [0.717, 1.165) is 24.4 Å². The second kappa shape index (κ2) is 5.77. The van der Waals surface area contributed by atoms with Gasteiger partial charge in [0.1, 0.15) is 0 Å². The van der Waals surface area contributed by atoms with Gasteiger partial charge in [0.05, 0.1) is 12.7 Å². The summed E-state index contributed by atoms with van der Waals surface area (Å²) in [5.41, 5.74) is -0.751. The van der Waals surface area contributed by atoms with Gasteiger partial charge in [-0.1, -0.05) is 11.6 Å². The molecule has 0 saturated carbocycles. The molecule has 1 rings (SSSR count). The summed E-state index contributed by atoms with van der Waals surface area (Å²) < 4.78 is 41.7. The molecule has 0 aliphatic heterocycles. The molecule has 0 unspecified atom stereocenters. The van der Waals surface area contributed by atoms with E-state index >= 15 is 0 Å². The van der Waals surface area contributed by atoms with Gasteiger partial charge in [0.25, 0.3) is 0 Å². The number of carbonyl (C=O) groups is 1. The van der Waals surface area contributed by atoms with Crippen LogP contribution in [0.2, 0.25) is 5.02 Å². The predicted octanol–water partition coefficient (Wildman–Crippen LogP) is 3.46. The Bertz CT molecular complexity index is 472. The van der Waals surface area contributed by atoms with Crippen LogP contribution in [-0.4, -0.2) is 13.1 Å². The molecule has 1 aromatic carbocycles. The highest BCUT2D eigenvalue weighted by atomic mass is 35.5. The number of alkyl halides is 3. The minimum atomic E-state index is -4.48. The van der Waals surface area contributed by atoms with Gasteiger partial charge in [0, 0.05) is 23.0 Å². The van der Waals surface area contributed by atoms with E-state index in [-0.39, 0.29) is 10.7 Å². The fraction of sp³-hybridized carbons (Fsp3) is 0.182. The molecule has 0 atom stereocenters. The van der Waals surface area contributed by atoms with Crippen molar-refractivity contribution in [2.45, 2.75) is 6.18 Å². The number of esters is 1. The molecule has 0 aliphatic rings. The van der Waals surface area contributed by atoms with Gasteiger partial charge in [0.15, 0.2) is 0 Å². The van der Waals surface area contributed by atoms with Crippen molar-refractivity contribution in [1.82, 2.24) is 0 Å². The van der Waals surface area contributed by atoms with E-state index in [1.807, 2.05) is 0 Å². The molecule has 0 amide bonds. The molecule has 0 aliphatic carbocycles. The number of anilines is 1. The zero-order chi connectivity index (χ0) is 13.8. The van der Waals surface area contributed by atoms with Gasteiger partial charge in [-0.25, -0.2) is 4.79 Å². The van der Waals surface area contributed by atoms with Gasteiger partial charge in [-0.15, -0.1) is 0 Å². The summed E-state index contributed by atoms with van der Waals surface area (Å²) in [6.07, 6.45) is -2.28. The van der Waals surface area contributed by atoms with Crippen LogP contribution in [-0.2, 0) is 15.7 Å². The average Bonchev–Trinajstić information content (AvgIpc) is 2.27. The van der Waals surface area contributed by atoms with E-state index in [2.05, 4.69) is 10.1 Å². The summed E-state index contributed by atoms with van der Waals surface area (Å²) in [6.45, 7) is 0. The van der Waals surface area contributed by atoms with Crippen LogP contribution in [0.25, 0.3) is 0 Å². The molecule has 3 nitrogen and oxygen atoms in total. The third-order valence-electron chi connectivity index (χ3n) is 1.90. The standard InChI is InChI=1S/C11H9ClF3NO2/c1-18-10(17)2-3-16-9-5-7(11(13,14)15)4-8(12)6-9/h2-6,16H,1H3/b3-2+. The van der Waals surface area contributed by atoms with Gasteiger partial charge in [-0.3, -0.25) is 0 Å². The molecule has 7 heteroatoms. The Morgan fingerprint density at radius 2 is 2.06 bits per heavy atom. The number of halogens is 4. The van der Waals surface area contributed by atoms with Crippen LogP contribution in [0.1, 0.15) is 5.56 Å². The fourth-order valence-corrected chi connectivity index (χ4v) is 1.35. The Morgan fingerprint density at radius 1 is 1.39 bits per heavy atom. The first-order valence-electron chi connectivity index (χ1n) is 4.72. The normalized spacial score (nSPS) is 11.6. The quantitative estimate of drug-likeness (QED) is 0.680. The molecule has 0 saturated heterocycles. The van der Waals surface area contributed by atoms with Crippen molar-refractivity contribution in [2.24, 2.45) is 0 Å². The van der Waals surface area contributed by atoms with Crippen molar-refractivity contribution < 1.29 is 22.7 Å². The number of ether oxygens (including phenoxy) is 1. The Labute approximate surface area is 106 Å². The van der Waals surface area contributed by atoms with Crippen LogP contribution in [0, 0.1) is 0 Å². The van der Waals surface area contributed by atoms with Crippen molar-refractivity contribution in [2.75, 3.05) is 12.4 Å². The Hall–Kier alpha value is -1.69. The summed E-state index contributed by atoms with van der Waals surface area (Å²) in [4.78, 5) is 10.7. The van der Waals surface area contributed by atoms with E-state index in [9.17, 15) is 18.0 Å². The Balaban J connectivity index is 2.87. The van der Waals surface area contributed by atoms with Crippen molar-refractivity contribution in [3.63, 3.8) is 0 Å². The second-order valence-electron chi connectivity index (χ2n) is 3.23. The van der Waals surface area contributed by atoms with Crippen molar-refractivity contribution >= 4 is 23.3 Å². The van der Waals surface area contributed by atoms with E-state index in [4.69, 9.17) is 11.6 Å². The van der Waals surface area contributed by atoms with Gasteiger partial charge >= 0.3 is 12.1 Å². The number of hydrogen-bond donors (Lipinski definition) is 1. The van der Waals surface area contributed by atoms with E-state index in [0.29, 0.717) is 0 Å². The topological polar surface area (TPSA) is 38.3 Å². The minimum absolute atomic E-state index is 0.0567. The molecule has 18 heavy (non-hydrogen) atoms. The number of carbonyl (C=O) groups excluding carboxylic acids is 1. The maximum absolute atomic E-state index is 12.5. The van der Waals surface area contributed by atoms with Crippen LogP contribution < -0.4 is 5.32 Å². The number of methoxy groups -OCH3 is 1. The first-order chi connectivity index (χ1) is 8.32. The molecule has 0 bridgehead atoms. The molecule has 0 fully saturated rings. The Morgan fingerprint density at radius 3 is 2.61 bits per heavy atom. The van der Waals surface area contributed by atoms with Crippen LogP contribution >= 0.6 is 11.6 Å². The number of hydrogen-bond acceptors (Lipinski definition) is 3. The maximum Gasteiger partial charge on any atom is 0.416 e. The summed E-state index contributed by atoms with van der Waals surface area (Å²) in [7, 11) is 1.19. The molecule has 1 N–H and O–H groups in total. The van der Waals surface area contributed by atoms with Gasteiger partial charge in [0.2, 0.25) is 0 Å². The van der Waals surface area contributed by atoms with Gasteiger partial charge in [-0.05, 0) is 18.2 Å². The lowest BCUT2D eigenvalue weighted by molar-refractivity contribution is -0.137. The highest BCUT2D eigenvalue weighted by Crippen LogP contribution is 2.33. The monoisotopic (exact) mass is 279 g/mol. The van der Waals surface area contributed by atoms with Crippen LogP contribution in [0.15, 0.2) is 30.5 Å².